The second-order valence-corrected chi connectivity index (χ2v) is 9.80. The lowest BCUT2D eigenvalue weighted by Crippen LogP contribution is -2.49. The molecule has 0 bridgehead atoms. The molecule has 1 aliphatic heterocycles. The Kier molecular flexibility index (Phi) is 6.06. The van der Waals surface area contributed by atoms with Crippen molar-refractivity contribution >= 4 is 21.4 Å². The summed E-state index contributed by atoms with van der Waals surface area (Å²) < 4.78 is 62.4. The molecule has 4 rings (SSSR count). The molecule has 1 N–H and O–H groups in total. The van der Waals surface area contributed by atoms with Crippen LogP contribution in [0.15, 0.2) is 53.1 Å². The summed E-state index contributed by atoms with van der Waals surface area (Å²) in [6, 6.07) is 11.6. The number of carbonyl (C=O) groups is 1. The number of urea groups is 1. The molecular weight excluding hydrogens is 461 g/mol. The number of alkyl halides is 3. The zero-order chi connectivity index (χ0) is 23.6. The van der Waals surface area contributed by atoms with Crippen molar-refractivity contribution in [1.29, 1.82) is 4.78 Å². The van der Waals surface area contributed by atoms with Crippen LogP contribution in [0.25, 0.3) is 11.5 Å². The maximum atomic E-state index is 13.2. The van der Waals surface area contributed by atoms with E-state index in [1.165, 1.54) is 17.2 Å². The van der Waals surface area contributed by atoms with E-state index in [1.54, 1.807) is 35.2 Å². The quantitative estimate of drug-likeness (QED) is 0.610. The average Bonchev–Trinajstić information content (AvgIpc) is 3.29. The van der Waals surface area contributed by atoms with Gasteiger partial charge in [0.15, 0.2) is 0 Å². The van der Waals surface area contributed by atoms with Gasteiger partial charge in [0, 0.05) is 46.2 Å². The molecule has 3 aromatic rings. The van der Waals surface area contributed by atoms with E-state index >= 15 is 0 Å². The third-order valence-corrected chi connectivity index (χ3v) is 6.69. The number of hydrogen-bond donors (Lipinski definition) is 1. The van der Waals surface area contributed by atoms with Gasteiger partial charge in [0.25, 0.3) is 0 Å². The van der Waals surface area contributed by atoms with E-state index in [0.29, 0.717) is 11.4 Å². The van der Waals surface area contributed by atoms with Gasteiger partial charge in [-0.3, -0.25) is 14.7 Å². The fraction of sp³-hybridized carbons (Fsp3) is 0.300. The fourth-order valence-corrected chi connectivity index (χ4v) is 4.46. The summed E-state index contributed by atoms with van der Waals surface area (Å²) in [5.74, 6) is -1.51. The van der Waals surface area contributed by atoms with E-state index in [2.05, 4.69) is 19.6 Å². The lowest BCUT2D eigenvalue weighted by Gasteiger charge is -2.33. The third-order valence-electron chi connectivity index (χ3n) is 5.01. The molecule has 2 aromatic heterocycles. The number of amides is 2. The van der Waals surface area contributed by atoms with Gasteiger partial charge in [-0.15, -0.1) is 10.2 Å². The van der Waals surface area contributed by atoms with E-state index in [0.717, 1.165) is 0 Å². The monoisotopic (exact) mass is 480 g/mol. The maximum Gasteiger partial charge on any atom is 0.470 e. The highest BCUT2D eigenvalue weighted by molar-refractivity contribution is 7.92. The molecule has 0 unspecified atom stereocenters. The minimum atomic E-state index is -4.74. The van der Waals surface area contributed by atoms with E-state index in [1.807, 2.05) is 6.07 Å². The predicted octanol–water partition coefficient (Wildman–Crippen LogP) is 3.64. The van der Waals surface area contributed by atoms with Crippen molar-refractivity contribution in [3.63, 3.8) is 0 Å². The van der Waals surface area contributed by atoms with Gasteiger partial charge in [0.1, 0.15) is 0 Å². The van der Waals surface area contributed by atoms with Gasteiger partial charge in [0.2, 0.25) is 5.89 Å². The molecule has 3 heterocycles. The van der Waals surface area contributed by atoms with E-state index < -0.39 is 21.8 Å². The van der Waals surface area contributed by atoms with Crippen LogP contribution in [0.2, 0.25) is 0 Å². The molecular formula is C20H19F3N6O3S. The first-order valence-corrected chi connectivity index (χ1v) is 11.7. The summed E-state index contributed by atoms with van der Waals surface area (Å²) in [6.45, 7) is 0.526. The van der Waals surface area contributed by atoms with Gasteiger partial charge in [0.05, 0.1) is 17.8 Å². The third kappa shape index (κ3) is 5.30. The van der Waals surface area contributed by atoms with E-state index in [-0.39, 0.29) is 48.6 Å². The van der Waals surface area contributed by atoms with E-state index in [9.17, 15) is 22.2 Å². The Hall–Kier alpha value is -3.48. The molecule has 1 aromatic carbocycles. The number of para-hydroxylation sites is 1. The first-order chi connectivity index (χ1) is 15.6. The van der Waals surface area contributed by atoms with Crippen LogP contribution in [-0.4, -0.2) is 54.9 Å². The number of nitrogens with zero attached hydrogens (tertiary/aromatic N) is 5. The van der Waals surface area contributed by atoms with Crippen LogP contribution in [0.1, 0.15) is 11.6 Å². The summed E-state index contributed by atoms with van der Waals surface area (Å²) in [5.41, 5.74) is 1.31. The molecule has 1 aliphatic rings. The minimum Gasteiger partial charge on any atom is -0.413 e. The van der Waals surface area contributed by atoms with Gasteiger partial charge in [-0.1, -0.05) is 18.2 Å². The lowest BCUT2D eigenvalue weighted by molar-refractivity contribution is -0.156. The van der Waals surface area contributed by atoms with Gasteiger partial charge >= 0.3 is 18.1 Å². The normalized spacial score (nSPS) is 15.9. The summed E-state index contributed by atoms with van der Waals surface area (Å²) in [5, 5.41) is 6.40. The van der Waals surface area contributed by atoms with Crippen LogP contribution >= 0.6 is 0 Å². The summed E-state index contributed by atoms with van der Waals surface area (Å²) in [6.07, 6.45) is -3.44. The highest BCUT2D eigenvalue weighted by atomic mass is 32.2. The van der Waals surface area contributed by atoms with Crippen LogP contribution in [0, 0.1) is 4.78 Å². The first kappa shape index (κ1) is 22.7. The predicted molar refractivity (Wildman–Crippen MR) is 113 cm³/mol. The van der Waals surface area contributed by atoms with Crippen molar-refractivity contribution in [3.05, 3.63) is 60.2 Å². The van der Waals surface area contributed by atoms with Gasteiger partial charge < -0.3 is 9.32 Å². The number of aromatic nitrogens is 3. The second-order valence-electron chi connectivity index (χ2n) is 7.36. The number of halogens is 3. The van der Waals surface area contributed by atoms with Crippen LogP contribution in [0.5, 0.6) is 0 Å². The van der Waals surface area contributed by atoms with Crippen molar-refractivity contribution < 1.29 is 26.6 Å². The highest BCUT2D eigenvalue weighted by Crippen LogP contribution is 2.30. The smallest absolute Gasteiger partial charge is 0.413 e. The highest BCUT2D eigenvalue weighted by Gasteiger charge is 2.38. The zero-order valence-corrected chi connectivity index (χ0v) is 18.0. The largest absolute Gasteiger partial charge is 0.470 e. The van der Waals surface area contributed by atoms with Crippen molar-refractivity contribution in [3.8, 4) is 11.5 Å². The molecule has 0 atom stereocenters. The van der Waals surface area contributed by atoms with Gasteiger partial charge in [-0.2, -0.15) is 13.2 Å². The molecule has 33 heavy (non-hydrogen) atoms. The Balaban J connectivity index is 1.54. The Morgan fingerprint density at radius 3 is 2.39 bits per heavy atom. The second kappa shape index (κ2) is 8.81. The maximum absolute atomic E-state index is 13.2. The molecule has 0 radical (unpaired) electrons. The number of nitrogens with one attached hydrogen (secondary N) is 1. The number of hydrogen-bond acceptors (Lipinski definition) is 7. The molecule has 0 aliphatic carbocycles. The number of anilines is 1. The standard InChI is InChI=1S/C20H19F3N6O3S/c21-20(22,23)18-27-26-17(32-18)14-6-7-15(25-12-14)13-29(16-4-2-1-3-5-16)19(30)28-8-10-33(24,31)11-9-28/h1-7,12,24H,8-11,13H2. The van der Waals surface area contributed by atoms with Crippen LogP contribution in [0.3, 0.4) is 0 Å². The molecule has 0 saturated carbocycles. The summed E-state index contributed by atoms with van der Waals surface area (Å²) >= 11 is 0. The number of rotatable bonds is 4. The fourth-order valence-electron chi connectivity index (χ4n) is 3.23. The molecule has 174 valence electrons. The first-order valence-electron chi connectivity index (χ1n) is 9.84. The average molecular weight is 480 g/mol. The van der Waals surface area contributed by atoms with Crippen LogP contribution < -0.4 is 4.90 Å². The molecule has 13 heteroatoms. The van der Waals surface area contributed by atoms with Crippen molar-refractivity contribution in [2.24, 2.45) is 0 Å². The SMILES string of the molecule is N=S1(=O)CCN(C(=O)N(Cc2ccc(-c3nnc(C(F)(F)F)o3)cn2)c2ccccc2)CC1. The van der Waals surface area contributed by atoms with Crippen LogP contribution in [-0.2, 0) is 22.5 Å². The van der Waals surface area contributed by atoms with Crippen molar-refractivity contribution in [2.75, 3.05) is 29.5 Å². The van der Waals surface area contributed by atoms with Gasteiger partial charge in [-0.25, -0.2) is 9.00 Å². The number of carbonyl (C=O) groups excluding carboxylic acids is 1. The number of benzene rings is 1. The molecule has 9 nitrogen and oxygen atoms in total. The number of pyridine rings is 1. The van der Waals surface area contributed by atoms with Gasteiger partial charge in [-0.05, 0) is 24.3 Å². The van der Waals surface area contributed by atoms with Crippen LogP contribution in [0.4, 0.5) is 23.7 Å². The molecule has 1 saturated heterocycles. The Morgan fingerprint density at radius 1 is 1.12 bits per heavy atom. The molecule has 2 amide bonds. The zero-order valence-electron chi connectivity index (χ0n) is 17.2. The summed E-state index contributed by atoms with van der Waals surface area (Å²) in [7, 11) is -2.65. The Bertz CT molecular complexity index is 1220. The molecule has 1 fully saturated rings. The van der Waals surface area contributed by atoms with Crippen molar-refractivity contribution in [1.82, 2.24) is 20.1 Å². The summed E-state index contributed by atoms with van der Waals surface area (Å²) in [4.78, 5) is 20.5. The Labute approximate surface area is 187 Å². The minimum absolute atomic E-state index is 0.0908. The van der Waals surface area contributed by atoms with Crippen molar-refractivity contribution in [2.45, 2.75) is 12.7 Å². The van der Waals surface area contributed by atoms with E-state index in [4.69, 9.17) is 4.78 Å². The topological polar surface area (TPSA) is 116 Å². The Morgan fingerprint density at radius 2 is 1.82 bits per heavy atom. The molecule has 0 spiro atoms. The lowest BCUT2D eigenvalue weighted by atomic mass is 10.2.